The van der Waals surface area contributed by atoms with Crippen molar-refractivity contribution in [1.82, 2.24) is 0 Å². The Morgan fingerprint density at radius 3 is 2.23 bits per heavy atom. The molecule has 162 valence electrons. The van der Waals surface area contributed by atoms with Crippen molar-refractivity contribution in [2.45, 2.75) is 31.6 Å². The predicted molar refractivity (Wildman–Crippen MR) is 121 cm³/mol. The summed E-state index contributed by atoms with van der Waals surface area (Å²) in [6.07, 6.45) is 0. The van der Waals surface area contributed by atoms with Gasteiger partial charge in [0.05, 0.1) is 10.6 Å². The van der Waals surface area contributed by atoms with Crippen LogP contribution in [0, 0.1) is 12.7 Å². The molecule has 3 aromatic carbocycles. The average Bonchev–Trinajstić information content (AvgIpc) is 2.74. The van der Waals surface area contributed by atoms with Crippen molar-refractivity contribution in [3.63, 3.8) is 0 Å². The Bertz CT molecular complexity index is 1160. The third-order valence-corrected chi connectivity index (χ3v) is 6.71. The van der Waals surface area contributed by atoms with Crippen molar-refractivity contribution in [3.05, 3.63) is 89.7 Å². The maximum atomic E-state index is 13.3. The molecule has 0 aliphatic rings. The summed E-state index contributed by atoms with van der Waals surface area (Å²) in [6, 6.07) is 18.7. The highest BCUT2D eigenvalue weighted by Crippen LogP contribution is 2.28. The summed E-state index contributed by atoms with van der Waals surface area (Å²) in [5.74, 6) is -0.821. The highest BCUT2D eigenvalue weighted by Gasteiger charge is 2.27. The third kappa shape index (κ3) is 5.11. The van der Waals surface area contributed by atoms with Crippen LogP contribution in [0.3, 0.4) is 0 Å². The van der Waals surface area contributed by atoms with Gasteiger partial charge in [-0.1, -0.05) is 50.2 Å². The Labute approximate surface area is 182 Å². The molecule has 3 aromatic rings. The maximum Gasteiger partial charge on any atom is 0.264 e. The second kappa shape index (κ2) is 9.31. The lowest BCUT2D eigenvalue weighted by molar-refractivity contribution is -0.114. The highest BCUT2D eigenvalue weighted by molar-refractivity contribution is 7.92. The molecule has 7 heteroatoms. The monoisotopic (exact) mass is 440 g/mol. The number of carbonyl (C=O) groups is 1. The number of nitrogens with one attached hydrogen (secondary N) is 1. The van der Waals surface area contributed by atoms with Crippen LogP contribution in [0.2, 0.25) is 0 Å². The van der Waals surface area contributed by atoms with Crippen LogP contribution >= 0.6 is 0 Å². The number of hydrogen-bond donors (Lipinski definition) is 1. The van der Waals surface area contributed by atoms with Crippen molar-refractivity contribution in [3.8, 4) is 0 Å². The van der Waals surface area contributed by atoms with Gasteiger partial charge in [0.25, 0.3) is 10.0 Å². The van der Waals surface area contributed by atoms with Gasteiger partial charge < -0.3 is 5.32 Å². The summed E-state index contributed by atoms with van der Waals surface area (Å²) >= 11 is 0. The lowest BCUT2D eigenvalue weighted by atomic mass is 9.98. The Hall–Kier alpha value is -3.19. The smallest absolute Gasteiger partial charge is 0.264 e. The number of rotatable bonds is 7. The van der Waals surface area contributed by atoms with Gasteiger partial charge in [-0.3, -0.25) is 9.10 Å². The fourth-order valence-electron chi connectivity index (χ4n) is 3.29. The van der Waals surface area contributed by atoms with Gasteiger partial charge in [-0.15, -0.1) is 0 Å². The van der Waals surface area contributed by atoms with Crippen LogP contribution in [0.1, 0.15) is 30.9 Å². The first-order chi connectivity index (χ1) is 14.7. The molecule has 0 aliphatic carbocycles. The van der Waals surface area contributed by atoms with Gasteiger partial charge in [0.2, 0.25) is 5.91 Å². The Kier molecular flexibility index (Phi) is 6.75. The van der Waals surface area contributed by atoms with Crippen LogP contribution in [0.4, 0.5) is 15.8 Å². The van der Waals surface area contributed by atoms with E-state index in [9.17, 15) is 17.6 Å². The fourth-order valence-corrected chi connectivity index (χ4v) is 4.72. The van der Waals surface area contributed by atoms with E-state index in [4.69, 9.17) is 0 Å². The van der Waals surface area contributed by atoms with Crippen molar-refractivity contribution >= 4 is 27.3 Å². The number of aryl methyl sites for hydroxylation is 1. The topological polar surface area (TPSA) is 66.5 Å². The van der Waals surface area contributed by atoms with Gasteiger partial charge in [0.1, 0.15) is 12.4 Å². The minimum absolute atomic E-state index is 0.0932. The molecule has 0 bridgehead atoms. The SMILES string of the molecule is Cc1cccc(C(C)C)c1NC(=O)CN(c1ccccc1)S(=O)(=O)c1ccc(F)cc1. The molecular formula is C24H25FN2O3S. The third-order valence-electron chi connectivity index (χ3n) is 4.92. The largest absolute Gasteiger partial charge is 0.324 e. The molecule has 0 fully saturated rings. The van der Waals surface area contributed by atoms with E-state index in [0.717, 1.165) is 27.6 Å². The van der Waals surface area contributed by atoms with Crippen LogP contribution in [0.25, 0.3) is 0 Å². The number of halogens is 1. The molecule has 3 rings (SSSR count). The Morgan fingerprint density at radius 2 is 1.61 bits per heavy atom. The first kappa shape index (κ1) is 22.5. The summed E-state index contributed by atoms with van der Waals surface area (Å²) in [6.45, 7) is 5.53. The second-order valence-electron chi connectivity index (χ2n) is 7.54. The van der Waals surface area contributed by atoms with Crippen LogP contribution < -0.4 is 9.62 Å². The lowest BCUT2D eigenvalue weighted by Gasteiger charge is -2.25. The van der Waals surface area contributed by atoms with Gasteiger partial charge >= 0.3 is 0 Å². The van der Waals surface area contributed by atoms with Crippen molar-refractivity contribution in [1.29, 1.82) is 0 Å². The highest BCUT2D eigenvalue weighted by atomic mass is 32.2. The molecule has 0 spiro atoms. The first-order valence-electron chi connectivity index (χ1n) is 9.93. The number of anilines is 2. The van der Waals surface area contributed by atoms with Gasteiger partial charge in [0.15, 0.2) is 0 Å². The molecule has 1 amide bonds. The summed E-state index contributed by atoms with van der Waals surface area (Å²) < 4.78 is 40.9. The quantitative estimate of drug-likeness (QED) is 0.556. The molecule has 31 heavy (non-hydrogen) atoms. The second-order valence-corrected chi connectivity index (χ2v) is 9.41. The Morgan fingerprint density at radius 1 is 0.968 bits per heavy atom. The van der Waals surface area contributed by atoms with Crippen molar-refractivity contribution in [2.24, 2.45) is 0 Å². The number of benzene rings is 3. The summed E-state index contributed by atoms with van der Waals surface area (Å²) in [5, 5.41) is 2.89. The average molecular weight is 441 g/mol. The summed E-state index contributed by atoms with van der Waals surface area (Å²) in [7, 11) is -4.09. The molecule has 0 aliphatic heterocycles. The standard InChI is InChI=1S/C24H25FN2O3S/c1-17(2)22-11-7-8-18(3)24(22)26-23(28)16-27(20-9-5-4-6-10-20)31(29,30)21-14-12-19(25)13-15-21/h4-15,17H,16H2,1-3H3,(H,26,28). The molecule has 0 radical (unpaired) electrons. The minimum Gasteiger partial charge on any atom is -0.324 e. The molecule has 1 N–H and O–H groups in total. The normalized spacial score (nSPS) is 11.4. The van der Waals surface area contributed by atoms with E-state index in [1.807, 2.05) is 39.0 Å². The fraction of sp³-hybridized carbons (Fsp3) is 0.208. The molecule has 0 atom stereocenters. The molecule has 0 saturated carbocycles. The molecule has 0 aromatic heterocycles. The zero-order valence-corrected chi connectivity index (χ0v) is 18.5. The Balaban J connectivity index is 1.96. The van der Waals surface area contributed by atoms with E-state index < -0.39 is 28.3 Å². The van der Waals surface area contributed by atoms with Crippen molar-refractivity contribution < 1.29 is 17.6 Å². The van der Waals surface area contributed by atoms with Gasteiger partial charge in [-0.25, -0.2) is 12.8 Å². The maximum absolute atomic E-state index is 13.3. The van der Waals surface area contributed by atoms with Crippen LogP contribution in [-0.2, 0) is 14.8 Å². The zero-order chi connectivity index (χ0) is 22.6. The van der Waals surface area contributed by atoms with E-state index in [1.165, 1.54) is 12.1 Å². The lowest BCUT2D eigenvalue weighted by Crippen LogP contribution is -2.38. The van der Waals surface area contributed by atoms with E-state index in [0.29, 0.717) is 11.4 Å². The van der Waals surface area contributed by atoms with Gasteiger partial charge in [-0.2, -0.15) is 0 Å². The minimum atomic E-state index is -4.09. The number of sulfonamides is 1. The zero-order valence-electron chi connectivity index (χ0n) is 17.7. The van der Waals surface area contributed by atoms with E-state index in [-0.39, 0.29) is 10.8 Å². The van der Waals surface area contributed by atoms with Crippen LogP contribution in [0.5, 0.6) is 0 Å². The number of nitrogens with zero attached hydrogens (tertiary/aromatic N) is 1. The van der Waals surface area contributed by atoms with Crippen molar-refractivity contribution in [2.75, 3.05) is 16.2 Å². The molecule has 5 nitrogen and oxygen atoms in total. The molecule has 0 unspecified atom stereocenters. The number of hydrogen-bond acceptors (Lipinski definition) is 3. The first-order valence-corrected chi connectivity index (χ1v) is 11.4. The summed E-state index contributed by atoms with van der Waals surface area (Å²) in [5.41, 5.74) is 2.90. The van der Waals surface area contributed by atoms with E-state index in [1.54, 1.807) is 30.3 Å². The van der Waals surface area contributed by atoms with Crippen LogP contribution in [0.15, 0.2) is 77.7 Å². The molecule has 0 heterocycles. The predicted octanol–water partition coefficient (Wildman–Crippen LogP) is 5.09. The number of amides is 1. The van der Waals surface area contributed by atoms with Gasteiger partial charge in [0, 0.05) is 5.69 Å². The summed E-state index contributed by atoms with van der Waals surface area (Å²) in [4.78, 5) is 12.9. The van der Waals surface area contributed by atoms with Crippen LogP contribution in [-0.4, -0.2) is 20.9 Å². The molecule has 0 saturated heterocycles. The van der Waals surface area contributed by atoms with E-state index in [2.05, 4.69) is 5.32 Å². The number of para-hydroxylation sites is 2. The molecular weight excluding hydrogens is 415 g/mol. The van der Waals surface area contributed by atoms with E-state index >= 15 is 0 Å². The number of carbonyl (C=O) groups excluding carboxylic acids is 1. The van der Waals surface area contributed by atoms with Gasteiger partial charge in [-0.05, 0) is 60.4 Å².